The molecule has 2 heterocycles. The van der Waals surface area contributed by atoms with E-state index in [4.69, 9.17) is 0 Å². The number of anilines is 1. The van der Waals surface area contributed by atoms with Gasteiger partial charge in [0.2, 0.25) is 0 Å². The number of hydrogen-bond donors (Lipinski definition) is 1. The van der Waals surface area contributed by atoms with Crippen molar-refractivity contribution in [3.8, 4) is 0 Å². The number of aryl methyl sites for hydroxylation is 1. The van der Waals surface area contributed by atoms with Gasteiger partial charge in [-0.3, -0.25) is 4.68 Å². The standard InChI is InChI=1S/C16H18N4O/c1-19(9-12-7-18-20(2)10-12)16-15-6-4-3-5-14(15)13(11-21)8-17-16/h3-8,10,21H,9,11H2,1-2H3. The number of nitrogens with zero attached hydrogens (tertiary/aromatic N) is 4. The molecule has 1 N–H and O–H groups in total. The van der Waals surface area contributed by atoms with Gasteiger partial charge >= 0.3 is 0 Å². The molecule has 0 saturated carbocycles. The highest BCUT2D eigenvalue weighted by atomic mass is 16.3. The van der Waals surface area contributed by atoms with Crippen LogP contribution in [0.3, 0.4) is 0 Å². The number of pyridine rings is 1. The van der Waals surface area contributed by atoms with Crippen LogP contribution in [-0.2, 0) is 20.2 Å². The Hall–Kier alpha value is -2.40. The van der Waals surface area contributed by atoms with E-state index in [0.717, 1.165) is 34.3 Å². The van der Waals surface area contributed by atoms with Gasteiger partial charge in [-0.1, -0.05) is 24.3 Å². The molecule has 0 fully saturated rings. The summed E-state index contributed by atoms with van der Waals surface area (Å²) < 4.78 is 1.80. The normalized spacial score (nSPS) is 11.0. The van der Waals surface area contributed by atoms with Crippen LogP contribution in [0.5, 0.6) is 0 Å². The fourth-order valence-corrected chi connectivity index (χ4v) is 2.57. The Bertz CT molecular complexity index is 766. The molecule has 0 saturated heterocycles. The lowest BCUT2D eigenvalue weighted by atomic mass is 10.1. The van der Waals surface area contributed by atoms with Crippen molar-refractivity contribution in [1.82, 2.24) is 14.8 Å². The van der Waals surface area contributed by atoms with Crippen molar-refractivity contribution in [3.05, 3.63) is 54.0 Å². The Morgan fingerprint density at radius 2 is 1.95 bits per heavy atom. The zero-order valence-electron chi connectivity index (χ0n) is 12.2. The summed E-state index contributed by atoms with van der Waals surface area (Å²) in [6.45, 7) is 0.740. The Morgan fingerprint density at radius 1 is 1.19 bits per heavy atom. The van der Waals surface area contributed by atoms with Gasteiger partial charge in [-0.15, -0.1) is 0 Å². The summed E-state index contributed by atoms with van der Waals surface area (Å²) in [7, 11) is 3.92. The number of aliphatic hydroxyl groups is 1. The van der Waals surface area contributed by atoms with Gasteiger partial charge in [0.15, 0.2) is 0 Å². The van der Waals surface area contributed by atoms with Crippen LogP contribution in [0.25, 0.3) is 10.8 Å². The van der Waals surface area contributed by atoms with Crippen LogP contribution in [0.4, 0.5) is 5.82 Å². The first-order valence-corrected chi connectivity index (χ1v) is 6.85. The molecule has 0 spiro atoms. The quantitative estimate of drug-likeness (QED) is 0.796. The summed E-state index contributed by atoms with van der Waals surface area (Å²) in [6.07, 6.45) is 5.61. The Balaban J connectivity index is 2.00. The predicted molar refractivity (Wildman–Crippen MR) is 83.0 cm³/mol. The van der Waals surface area contributed by atoms with Gasteiger partial charge in [0.05, 0.1) is 12.8 Å². The minimum Gasteiger partial charge on any atom is -0.392 e. The molecule has 0 aliphatic carbocycles. The van der Waals surface area contributed by atoms with E-state index in [9.17, 15) is 5.11 Å². The highest BCUT2D eigenvalue weighted by molar-refractivity contribution is 5.94. The number of benzene rings is 1. The van der Waals surface area contributed by atoms with E-state index in [2.05, 4.69) is 15.0 Å². The minimum atomic E-state index is 0.000112. The van der Waals surface area contributed by atoms with Crippen molar-refractivity contribution in [3.63, 3.8) is 0 Å². The maximum Gasteiger partial charge on any atom is 0.136 e. The predicted octanol–water partition coefficient (Wildman–Crippen LogP) is 2.10. The first kappa shape index (κ1) is 13.6. The molecule has 0 atom stereocenters. The van der Waals surface area contributed by atoms with Crippen LogP contribution < -0.4 is 4.90 Å². The van der Waals surface area contributed by atoms with Gasteiger partial charge in [-0.25, -0.2) is 4.98 Å². The summed E-state index contributed by atoms with van der Waals surface area (Å²) in [6, 6.07) is 8.03. The van der Waals surface area contributed by atoms with E-state index in [1.165, 1.54) is 0 Å². The van der Waals surface area contributed by atoms with E-state index in [-0.39, 0.29) is 6.61 Å². The third kappa shape index (κ3) is 2.60. The largest absolute Gasteiger partial charge is 0.392 e. The first-order valence-electron chi connectivity index (χ1n) is 6.85. The summed E-state index contributed by atoms with van der Waals surface area (Å²) in [5, 5.41) is 15.7. The number of aromatic nitrogens is 3. The molecule has 108 valence electrons. The Labute approximate surface area is 123 Å². The molecular formula is C16H18N4O. The second-order valence-corrected chi connectivity index (χ2v) is 5.19. The SMILES string of the molecule is CN(Cc1cnn(C)c1)c1ncc(CO)c2ccccc12. The van der Waals surface area contributed by atoms with Crippen LogP contribution in [-0.4, -0.2) is 26.9 Å². The van der Waals surface area contributed by atoms with Gasteiger partial charge < -0.3 is 10.0 Å². The lowest BCUT2D eigenvalue weighted by molar-refractivity contribution is 0.283. The van der Waals surface area contributed by atoms with Crippen LogP contribution in [0.15, 0.2) is 42.9 Å². The van der Waals surface area contributed by atoms with E-state index in [1.807, 2.05) is 50.8 Å². The van der Waals surface area contributed by atoms with Crippen LogP contribution >= 0.6 is 0 Å². The van der Waals surface area contributed by atoms with E-state index in [0.29, 0.717) is 0 Å². The van der Waals surface area contributed by atoms with Crippen molar-refractivity contribution >= 4 is 16.6 Å². The van der Waals surface area contributed by atoms with Gasteiger partial charge in [0.25, 0.3) is 0 Å². The Morgan fingerprint density at radius 3 is 2.62 bits per heavy atom. The summed E-state index contributed by atoms with van der Waals surface area (Å²) >= 11 is 0. The smallest absolute Gasteiger partial charge is 0.136 e. The van der Waals surface area contributed by atoms with Crippen molar-refractivity contribution in [2.45, 2.75) is 13.2 Å². The van der Waals surface area contributed by atoms with E-state index in [1.54, 1.807) is 10.9 Å². The summed E-state index contributed by atoms with van der Waals surface area (Å²) in [5.41, 5.74) is 1.99. The molecule has 1 aromatic carbocycles. The van der Waals surface area contributed by atoms with Gasteiger partial charge in [0, 0.05) is 49.5 Å². The number of aliphatic hydroxyl groups excluding tert-OH is 1. The lowest BCUT2D eigenvalue weighted by Crippen LogP contribution is -2.18. The molecule has 0 aliphatic heterocycles. The second kappa shape index (κ2) is 5.54. The highest BCUT2D eigenvalue weighted by Gasteiger charge is 2.11. The zero-order valence-corrected chi connectivity index (χ0v) is 12.2. The van der Waals surface area contributed by atoms with Crippen LogP contribution in [0.1, 0.15) is 11.1 Å². The van der Waals surface area contributed by atoms with Crippen LogP contribution in [0.2, 0.25) is 0 Å². The highest BCUT2D eigenvalue weighted by Crippen LogP contribution is 2.27. The van der Waals surface area contributed by atoms with Crippen molar-refractivity contribution in [1.29, 1.82) is 0 Å². The molecule has 5 nitrogen and oxygen atoms in total. The molecule has 0 aliphatic rings. The molecule has 0 bridgehead atoms. The summed E-state index contributed by atoms with van der Waals surface area (Å²) in [5.74, 6) is 0.909. The minimum absolute atomic E-state index is 0.000112. The fraction of sp³-hybridized carbons (Fsp3) is 0.250. The zero-order chi connectivity index (χ0) is 14.8. The lowest BCUT2D eigenvalue weighted by Gasteiger charge is -2.20. The molecule has 0 unspecified atom stereocenters. The molecule has 0 radical (unpaired) electrons. The average molecular weight is 282 g/mol. The Kier molecular flexibility index (Phi) is 3.58. The number of fused-ring (bicyclic) bond motifs is 1. The van der Waals surface area contributed by atoms with E-state index >= 15 is 0 Å². The number of rotatable bonds is 4. The molecule has 0 amide bonds. The van der Waals surface area contributed by atoms with Gasteiger partial charge in [0.1, 0.15) is 5.82 Å². The molecule has 3 aromatic rings. The molecule has 3 rings (SSSR count). The monoisotopic (exact) mass is 282 g/mol. The second-order valence-electron chi connectivity index (χ2n) is 5.19. The third-order valence-corrected chi connectivity index (χ3v) is 3.57. The molecule has 5 heteroatoms. The maximum atomic E-state index is 9.44. The fourth-order valence-electron chi connectivity index (χ4n) is 2.57. The maximum absolute atomic E-state index is 9.44. The van der Waals surface area contributed by atoms with Gasteiger partial charge in [-0.2, -0.15) is 5.10 Å². The van der Waals surface area contributed by atoms with Crippen molar-refractivity contribution < 1.29 is 5.11 Å². The topological polar surface area (TPSA) is 54.2 Å². The van der Waals surface area contributed by atoms with Gasteiger partial charge in [-0.05, 0) is 5.39 Å². The van der Waals surface area contributed by atoms with Crippen molar-refractivity contribution in [2.75, 3.05) is 11.9 Å². The molecule has 21 heavy (non-hydrogen) atoms. The van der Waals surface area contributed by atoms with Crippen molar-refractivity contribution in [2.24, 2.45) is 7.05 Å². The third-order valence-electron chi connectivity index (χ3n) is 3.57. The van der Waals surface area contributed by atoms with E-state index < -0.39 is 0 Å². The molecule has 2 aromatic heterocycles. The molecular weight excluding hydrogens is 264 g/mol. The summed E-state index contributed by atoms with van der Waals surface area (Å²) in [4.78, 5) is 6.62. The number of hydrogen-bond acceptors (Lipinski definition) is 4. The average Bonchev–Trinajstić information content (AvgIpc) is 2.91. The first-order chi connectivity index (χ1) is 10.2. The van der Waals surface area contributed by atoms with Crippen LogP contribution in [0, 0.1) is 0 Å².